The van der Waals surface area contributed by atoms with Gasteiger partial charge in [0.1, 0.15) is 5.75 Å². The van der Waals surface area contributed by atoms with Crippen LogP contribution in [-0.4, -0.2) is 23.8 Å². The summed E-state index contributed by atoms with van der Waals surface area (Å²) < 4.78 is 10.2. The number of para-hydroxylation sites is 1. The first-order valence-electron chi connectivity index (χ1n) is 5.31. The highest BCUT2D eigenvalue weighted by Crippen LogP contribution is 2.29. The third kappa shape index (κ3) is 3.61. The summed E-state index contributed by atoms with van der Waals surface area (Å²) >= 11 is 5.95. The van der Waals surface area contributed by atoms with Gasteiger partial charge in [-0.25, -0.2) is 4.79 Å². The maximum atomic E-state index is 11.4. The third-order valence-electron chi connectivity index (χ3n) is 2.13. The highest BCUT2D eigenvalue weighted by Gasteiger charge is 2.18. The Balaban J connectivity index is 2.83. The zero-order valence-electron chi connectivity index (χ0n) is 9.77. The Kier molecular flexibility index (Phi) is 5.25. The van der Waals surface area contributed by atoms with E-state index in [9.17, 15) is 4.79 Å². The first-order valence-corrected chi connectivity index (χ1v) is 5.69. The first kappa shape index (κ1) is 13.8. The van der Waals surface area contributed by atoms with E-state index in [-0.39, 0.29) is 6.61 Å². The minimum absolute atomic E-state index is 0.203. The average molecular weight is 259 g/mol. The maximum absolute atomic E-state index is 11.4. The van der Waals surface area contributed by atoms with Crippen molar-refractivity contribution in [1.29, 1.82) is 0 Å². The number of aliphatic hydroxyl groups is 1. The Morgan fingerprint density at radius 2 is 2.24 bits per heavy atom. The molecule has 0 saturated heterocycles. The second kappa shape index (κ2) is 6.47. The summed E-state index contributed by atoms with van der Waals surface area (Å²) in [6.45, 7) is 3.38. The summed E-state index contributed by atoms with van der Waals surface area (Å²) in [5, 5.41) is 9.50. The molecule has 0 saturated carbocycles. The van der Waals surface area contributed by atoms with Gasteiger partial charge in [0.2, 0.25) is 0 Å². The molecule has 0 bridgehead atoms. The van der Waals surface area contributed by atoms with Gasteiger partial charge in [-0.15, -0.1) is 0 Å². The van der Waals surface area contributed by atoms with Crippen molar-refractivity contribution in [2.75, 3.05) is 6.61 Å². The van der Waals surface area contributed by atoms with Crippen LogP contribution in [0.1, 0.15) is 19.4 Å². The van der Waals surface area contributed by atoms with Crippen molar-refractivity contribution in [3.05, 3.63) is 28.8 Å². The number of hydrogen-bond acceptors (Lipinski definition) is 4. The van der Waals surface area contributed by atoms with Crippen LogP contribution in [0.5, 0.6) is 5.75 Å². The molecule has 94 valence electrons. The van der Waals surface area contributed by atoms with Gasteiger partial charge in [0.25, 0.3) is 0 Å². The Morgan fingerprint density at radius 1 is 1.53 bits per heavy atom. The number of carbonyl (C=O) groups excluding carboxylic acids is 1. The molecule has 1 atom stereocenters. The van der Waals surface area contributed by atoms with Gasteiger partial charge in [-0.3, -0.25) is 0 Å². The van der Waals surface area contributed by atoms with E-state index >= 15 is 0 Å². The quantitative estimate of drug-likeness (QED) is 0.823. The van der Waals surface area contributed by atoms with Gasteiger partial charge in [0.05, 0.1) is 18.2 Å². The molecule has 0 aliphatic heterocycles. The summed E-state index contributed by atoms with van der Waals surface area (Å²) in [6, 6.07) is 5.02. The van der Waals surface area contributed by atoms with Gasteiger partial charge in [-0.1, -0.05) is 23.7 Å². The summed E-state index contributed by atoms with van der Waals surface area (Å²) in [5.41, 5.74) is 0.536. The number of esters is 1. The molecule has 1 aromatic rings. The Bertz CT molecular complexity index is 392. The summed E-state index contributed by atoms with van der Waals surface area (Å²) in [4.78, 5) is 11.4. The summed E-state index contributed by atoms with van der Waals surface area (Å²) in [6.07, 6.45) is -0.764. The molecule has 0 fully saturated rings. The van der Waals surface area contributed by atoms with E-state index < -0.39 is 12.1 Å². The van der Waals surface area contributed by atoms with Crippen molar-refractivity contribution in [3.8, 4) is 5.75 Å². The fourth-order valence-corrected chi connectivity index (χ4v) is 1.53. The molecule has 17 heavy (non-hydrogen) atoms. The molecule has 0 aliphatic carbocycles. The van der Waals surface area contributed by atoms with E-state index in [0.717, 1.165) is 0 Å². The van der Waals surface area contributed by atoms with Gasteiger partial charge >= 0.3 is 5.97 Å². The molecule has 0 radical (unpaired) electrons. The van der Waals surface area contributed by atoms with Crippen LogP contribution in [0.4, 0.5) is 0 Å². The van der Waals surface area contributed by atoms with E-state index in [1.165, 1.54) is 0 Å². The number of aliphatic hydroxyl groups excluding tert-OH is 1. The molecule has 0 heterocycles. The molecule has 5 heteroatoms. The SMILES string of the molecule is CCOC(=O)C(C)Oc1c(Cl)cccc1CO. The maximum Gasteiger partial charge on any atom is 0.347 e. The van der Waals surface area contributed by atoms with Crippen molar-refractivity contribution in [2.45, 2.75) is 26.6 Å². The fourth-order valence-electron chi connectivity index (χ4n) is 1.29. The lowest BCUT2D eigenvalue weighted by atomic mass is 10.2. The van der Waals surface area contributed by atoms with Gasteiger partial charge in [0.15, 0.2) is 6.10 Å². The van der Waals surface area contributed by atoms with Gasteiger partial charge in [0, 0.05) is 5.56 Å². The van der Waals surface area contributed by atoms with Crippen LogP contribution in [0, 0.1) is 0 Å². The van der Waals surface area contributed by atoms with E-state index in [1.807, 2.05) is 0 Å². The van der Waals surface area contributed by atoms with E-state index in [4.69, 9.17) is 26.2 Å². The molecule has 0 aromatic heterocycles. The topological polar surface area (TPSA) is 55.8 Å². The molecule has 0 amide bonds. The van der Waals surface area contributed by atoms with Crippen molar-refractivity contribution in [2.24, 2.45) is 0 Å². The van der Waals surface area contributed by atoms with Crippen LogP contribution in [0.25, 0.3) is 0 Å². The normalized spacial score (nSPS) is 12.0. The Hall–Kier alpha value is -1.26. The standard InChI is InChI=1S/C12H15ClO4/c1-3-16-12(15)8(2)17-11-9(7-14)5-4-6-10(11)13/h4-6,8,14H,3,7H2,1-2H3. The van der Waals surface area contributed by atoms with E-state index in [2.05, 4.69) is 0 Å². The lowest BCUT2D eigenvalue weighted by Crippen LogP contribution is -2.26. The predicted molar refractivity (Wildman–Crippen MR) is 64.1 cm³/mol. The van der Waals surface area contributed by atoms with Crippen LogP contribution in [0.15, 0.2) is 18.2 Å². The lowest BCUT2D eigenvalue weighted by molar-refractivity contribution is -0.150. The van der Waals surface area contributed by atoms with Crippen LogP contribution < -0.4 is 4.74 Å². The van der Waals surface area contributed by atoms with Crippen LogP contribution >= 0.6 is 11.6 Å². The smallest absolute Gasteiger partial charge is 0.347 e. The third-order valence-corrected chi connectivity index (χ3v) is 2.43. The fraction of sp³-hybridized carbons (Fsp3) is 0.417. The number of carbonyl (C=O) groups is 1. The number of halogens is 1. The minimum Gasteiger partial charge on any atom is -0.477 e. The van der Waals surface area contributed by atoms with Crippen LogP contribution in [0.2, 0.25) is 5.02 Å². The van der Waals surface area contributed by atoms with Crippen molar-refractivity contribution >= 4 is 17.6 Å². The minimum atomic E-state index is -0.764. The number of hydrogen-bond donors (Lipinski definition) is 1. The summed E-state index contributed by atoms with van der Waals surface area (Å²) in [5.74, 6) is -0.145. The lowest BCUT2D eigenvalue weighted by Gasteiger charge is -2.16. The largest absolute Gasteiger partial charge is 0.477 e. The second-order valence-electron chi connectivity index (χ2n) is 3.40. The van der Waals surface area contributed by atoms with Crippen LogP contribution in [0.3, 0.4) is 0 Å². The molecular formula is C12H15ClO4. The zero-order chi connectivity index (χ0) is 12.8. The van der Waals surface area contributed by atoms with Gasteiger partial charge in [-0.2, -0.15) is 0 Å². The second-order valence-corrected chi connectivity index (χ2v) is 3.81. The molecule has 0 spiro atoms. The number of benzene rings is 1. The average Bonchev–Trinajstić information content (AvgIpc) is 2.31. The molecule has 1 rings (SSSR count). The zero-order valence-corrected chi connectivity index (χ0v) is 10.5. The molecule has 1 unspecified atom stereocenters. The van der Waals surface area contributed by atoms with Crippen molar-refractivity contribution in [3.63, 3.8) is 0 Å². The Morgan fingerprint density at radius 3 is 2.82 bits per heavy atom. The van der Waals surface area contributed by atoms with Gasteiger partial charge in [-0.05, 0) is 19.9 Å². The molecule has 1 N–H and O–H groups in total. The highest BCUT2D eigenvalue weighted by molar-refractivity contribution is 6.32. The monoisotopic (exact) mass is 258 g/mol. The predicted octanol–water partition coefficient (Wildman–Crippen LogP) is 2.16. The van der Waals surface area contributed by atoms with E-state index in [1.54, 1.807) is 32.0 Å². The number of rotatable bonds is 5. The molecule has 4 nitrogen and oxygen atoms in total. The van der Waals surface area contributed by atoms with E-state index in [0.29, 0.717) is 22.9 Å². The first-order chi connectivity index (χ1) is 8.10. The molecular weight excluding hydrogens is 244 g/mol. The van der Waals surface area contributed by atoms with Crippen molar-refractivity contribution in [1.82, 2.24) is 0 Å². The van der Waals surface area contributed by atoms with Crippen molar-refractivity contribution < 1.29 is 19.4 Å². The Labute approximate surface area is 105 Å². The molecule has 0 aliphatic rings. The summed E-state index contributed by atoms with van der Waals surface area (Å²) in [7, 11) is 0. The highest BCUT2D eigenvalue weighted by atomic mass is 35.5. The van der Waals surface area contributed by atoms with Crippen LogP contribution in [-0.2, 0) is 16.1 Å². The van der Waals surface area contributed by atoms with Gasteiger partial charge < -0.3 is 14.6 Å². The number of ether oxygens (including phenoxy) is 2. The molecule has 1 aromatic carbocycles.